The quantitative estimate of drug-likeness (QED) is 0.782. The Morgan fingerprint density at radius 2 is 2.16 bits per heavy atom. The van der Waals surface area contributed by atoms with Crippen LogP contribution in [0.3, 0.4) is 0 Å². The van der Waals surface area contributed by atoms with E-state index in [1.807, 2.05) is 20.8 Å². The Morgan fingerprint density at radius 3 is 2.84 bits per heavy atom. The molecule has 4 atom stereocenters. The molecular weight excluding hydrogens is 326 g/mol. The molecule has 0 spiro atoms. The van der Waals surface area contributed by atoms with Crippen molar-refractivity contribution in [3.63, 3.8) is 0 Å². The van der Waals surface area contributed by atoms with E-state index in [0.29, 0.717) is 11.2 Å². The maximum Gasteiger partial charge on any atom is 0.172 e. The van der Waals surface area contributed by atoms with Crippen molar-refractivity contribution in [3.8, 4) is 0 Å². The Morgan fingerprint density at radius 1 is 1.40 bits per heavy atom. The summed E-state index contributed by atoms with van der Waals surface area (Å²) in [6, 6.07) is 0. The molecule has 0 radical (unpaired) electrons. The molecule has 2 fully saturated rings. The number of rotatable bonds is 3. The largest absolute Gasteiger partial charge is 0.394 e. The van der Waals surface area contributed by atoms with Crippen LogP contribution in [0.4, 0.5) is 5.82 Å². The van der Waals surface area contributed by atoms with Crippen molar-refractivity contribution in [2.24, 2.45) is 0 Å². The smallest absolute Gasteiger partial charge is 0.172 e. The number of aromatic nitrogens is 4. The van der Waals surface area contributed by atoms with Crippen molar-refractivity contribution in [2.45, 2.75) is 50.6 Å². The minimum atomic E-state index is -0.982. The Labute approximate surface area is 144 Å². The van der Waals surface area contributed by atoms with E-state index < -0.39 is 29.8 Å². The number of nitrogen functional groups attached to an aromatic ring is 1. The average Bonchev–Trinajstić information content (AvgIpc) is 3.16. The first kappa shape index (κ1) is 16.4. The highest BCUT2D eigenvalue weighted by molar-refractivity contribution is 5.81. The second-order valence-corrected chi connectivity index (χ2v) is 6.91. The zero-order valence-corrected chi connectivity index (χ0v) is 14.3. The number of hydrogen-bond donors (Lipinski definition) is 2. The number of imidazole rings is 1. The summed E-state index contributed by atoms with van der Waals surface area (Å²) in [5.41, 5.74) is 6.63. The van der Waals surface area contributed by atoms with Crippen LogP contribution in [0.5, 0.6) is 0 Å². The number of anilines is 1. The first-order chi connectivity index (χ1) is 11.8. The summed E-state index contributed by atoms with van der Waals surface area (Å²) in [5, 5.41) is 9.79. The molecule has 3 N–H and O–H groups in total. The van der Waals surface area contributed by atoms with Crippen molar-refractivity contribution in [2.75, 3.05) is 12.3 Å². The zero-order chi connectivity index (χ0) is 18.0. The van der Waals surface area contributed by atoms with E-state index in [9.17, 15) is 5.11 Å². The summed E-state index contributed by atoms with van der Waals surface area (Å²) in [5.74, 6) is -0.561. The van der Waals surface area contributed by atoms with Crippen molar-refractivity contribution < 1.29 is 19.3 Å². The summed E-state index contributed by atoms with van der Waals surface area (Å²) in [6.45, 7) is 9.41. The van der Waals surface area contributed by atoms with E-state index in [2.05, 4.69) is 21.5 Å². The van der Waals surface area contributed by atoms with Gasteiger partial charge < -0.3 is 25.1 Å². The van der Waals surface area contributed by atoms with Gasteiger partial charge in [0.05, 0.1) is 12.9 Å². The molecule has 9 nitrogen and oxygen atoms in total. The van der Waals surface area contributed by atoms with E-state index in [1.165, 1.54) is 6.33 Å². The predicted octanol–water partition coefficient (Wildman–Crippen LogP) is 0.765. The third-order valence-corrected chi connectivity index (χ3v) is 4.74. The van der Waals surface area contributed by atoms with Crippen molar-refractivity contribution in [1.29, 1.82) is 0 Å². The van der Waals surface area contributed by atoms with Crippen LogP contribution in [0.15, 0.2) is 24.8 Å². The molecule has 0 aliphatic carbocycles. The summed E-state index contributed by atoms with van der Waals surface area (Å²) in [7, 11) is 0. The summed E-state index contributed by atoms with van der Waals surface area (Å²) < 4.78 is 20.2. The first-order valence-electron chi connectivity index (χ1n) is 8.03. The van der Waals surface area contributed by atoms with Crippen molar-refractivity contribution in [3.05, 3.63) is 24.8 Å². The Bertz CT molecular complexity index is 850. The molecule has 0 aromatic carbocycles. The van der Waals surface area contributed by atoms with Crippen LogP contribution in [0.2, 0.25) is 0 Å². The average molecular weight is 347 g/mol. The van der Waals surface area contributed by atoms with Gasteiger partial charge in [0.1, 0.15) is 24.1 Å². The Kier molecular flexibility index (Phi) is 3.42. The molecule has 2 aromatic rings. The highest BCUT2D eigenvalue weighted by atomic mass is 16.8. The van der Waals surface area contributed by atoms with E-state index in [1.54, 1.807) is 10.9 Å². The van der Waals surface area contributed by atoms with Crippen LogP contribution in [0, 0.1) is 0 Å². The lowest BCUT2D eigenvalue weighted by Gasteiger charge is -2.34. The fourth-order valence-electron chi connectivity index (χ4n) is 3.76. The molecule has 0 amide bonds. The number of aliphatic hydroxyl groups is 1. The molecule has 134 valence electrons. The van der Waals surface area contributed by atoms with Crippen LogP contribution in [0.25, 0.3) is 11.2 Å². The predicted molar refractivity (Wildman–Crippen MR) is 88.3 cm³/mol. The van der Waals surface area contributed by atoms with Gasteiger partial charge in [-0.25, -0.2) is 15.0 Å². The minimum Gasteiger partial charge on any atom is -0.394 e. The van der Waals surface area contributed by atoms with Gasteiger partial charge in [-0.05, 0) is 26.3 Å². The van der Waals surface area contributed by atoms with E-state index in [-0.39, 0.29) is 12.4 Å². The van der Waals surface area contributed by atoms with Gasteiger partial charge in [0.15, 0.2) is 29.1 Å². The van der Waals surface area contributed by atoms with Gasteiger partial charge in [0, 0.05) is 0 Å². The first-order valence-corrected chi connectivity index (χ1v) is 8.03. The normalized spacial score (nSPS) is 33.7. The minimum absolute atomic E-state index is 0.209. The van der Waals surface area contributed by atoms with Gasteiger partial charge in [0.2, 0.25) is 0 Å². The molecule has 2 aliphatic rings. The molecule has 0 bridgehead atoms. The Hall–Kier alpha value is -2.07. The SMILES string of the molecule is C=C(C)[C@@]12OC(C)(C)O[C@@H]1[C@@H](CO)O[C@H]2n1cnc2c(N)ncnc21. The second kappa shape index (κ2) is 5.21. The molecule has 4 heterocycles. The van der Waals surface area contributed by atoms with Crippen LogP contribution >= 0.6 is 0 Å². The number of ether oxygens (including phenoxy) is 3. The molecule has 2 aliphatic heterocycles. The fraction of sp³-hybridized carbons (Fsp3) is 0.562. The lowest BCUT2D eigenvalue weighted by molar-refractivity contribution is -0.213. The molecule has 2 saturated heterocycles. The maximum atomic E-state index is 9.79. The lowest BCUT2D eigenvalue weighted by atomic mass is 9.87. The van der Waals surface area contributed by atoms with E-state index in [0.717, 1.165) is 5.57 Å². The number of nitrogens with zero attached hydrogens (tertiary/aromatic N) is 4. The van der Waals surface area contributed by atoms with Crippen LogP contribution in [-0.4, -0.2) is 54.8 Å². The fourth-order valence-corrected chi connectivity index (χ4v) is 3.76. The highest BCUT2D eigenvalue weighted by Gasteiger charge is 2.67. The summed E-state index contributed by atoms with van der Waals surface area (Å²) >= 11 is 0. The van der Waals surface area contributed by atoms with Crippen molar-refractivity contribution >= 4 is 17.0 Å². The molecule has 0 saturated carbocycles. The summed E-state index contributed by atoms with van der Waals surface area (Å²) in [6.07, 6.45) is 1.21. The standard InChI is InChI=1S/C16H21N5O4/c1-8(2)16-11(24-15(3,4)25-16)9(5-22)23-14(16)21-7-20-10-12(17)18-6-19-13(10)21/h6-7,9,11,14,22H,1,5H2,2-4H3,(H2,17,18,19)/t9-,11-,14-,16-/m1/s1. The van der Waals surface area contributed by atoms with Gasteiger partial charge >= 0.3 is 0 Å². The van der Waals surface area contributed by atoms with Crippen LogP contribution < -0.4 is 5.73 Å². The molecule has 0 unspecified atom stereocenters. The third kappa shape index (κ3) is 2.13. The van der Waals surface area contributed by atoms with Gasteiger partial charge in [-0.3, -0.25) is 4.57 Å². The van der Waals surface area contributed by atoms with Crippen LogP contribution in [0.1, 0.15) is 27.0 Å². The molecule has 4 rings (SSSR count). The third-order valence-electron chi connectivity index (χ3n) is 4.74. The molecular formula is C16H21N5O4. The van der Waals surface area contributed by atoms with Gasteiger partial charge in [-0.1, -0.05) is 6.58 Å². The monoisotopic (exact) mass is 347 g/mol. The topological polar surface area (TPSA) is 118 Å². The van der Waals surface area contributed by atoms with Gasteiger partial charge in [-0.15, -0.1) is 0 Å². The zero-order valence-electron chi connectivity index (χ0n) is 14.3. The maximum absolute atomic E-state index is 9.79. The van der Waals surface area contributed by atoms with Gasteiger partial charge in [0.25, 0.3) is 0 Å². The van der Waals surface area contributed by atoms with Crippen molar-refractivity contribution in [1.82, 2.24) is 19.5 Å². The molecule has 2 aromatic heterocycles. The number of hydrogen-bond acceptors (Lipinski definition) is 8. The van der Waals surface area contributed by atoms with E-state index in [4.69, 9.17) is 19.9 Å². The highest BCUT2D eigenvalue weighted by Crippen LogP contribution is 2.54. The number of aliphatic hydroxyl groups excluding tert-OH is 1. The number of fused-ring (bicyclic) bond motifs is 2. The Balaban J connectivity index is 1.90. The molecule has 9 heteroatoms. The van der Waals surface area contributed by atoms with E-state index >= 15 is 0 Å². The number of nitrogens with two attached hydrogens (primary N) is 1. The lowest BCUT2D eigenvalue weighted by Crippen LogP contribution is -2.46. The van der Waals surface area contributed by atoms with Crippen LogP contribution in [-0.2, 0) is 14.2 Å². The molecule has 25 heavy (non-hydrogen) atoms. The second-order valence-electron chi connectivity index (χ2n) is 6.91. The van der Waals surface area contributed by atoms with Gasteiger partial charge in [-0.2, -0.15) is 0 Å². The summed E-state index contributed by atoms with van der Waals surface area (Å²) in [4.78, 5) is 12.5.